The number of carbonyl (C=O) groups is 1. The first-order valence-corrected chi connectivity index (χ1v) is 8.61. The molecule has 2 N–H and O–H groups in total. The first-order chi connectivity index (χ1) is 13.9. The zero-order valence-electron chi connectivity index (χ0n) is 14.9. The van der Waals surface area contributed by atoms with Crippen LogP contribution < -0.4 is 16.6 Å². The molecule has 1 atom stereocenters. The van der Waals surface area contributed by atoms with Crippen LogP contribution in [0.15, 0.2) is 56.0 Å². The summed E-state index contributed by atoms with van der Waals surface area (Å²) in [4.78, 5) is 50.6. The third-order valence-electron chi connectivity index (χ3n) is 5.21. The van der Waals surface area contributed by atoms with Crippen molar-refractivity contribution in [2.24, 2.45) is 7.05 Å². The number of aromatic nitrogens is 2. The molecule has 0 bridgehead atoms. The highest BCUT2D eigenvalue weighted by molar-refractivity contribution is 6.23. The molecule has 0 amide bonds. The summed E-state index contributed by atoms with van der Waals surface area (Å²) in [7, 11) is 1.47. The van der Waals surface area contributed by atoms with E-state index in [1.54, 1.807) is 24.3 Å². The molecule has 5 rings (SSSR count). The Labute approximate surface area is 161 Å². The standard InChI is InChI=1S/C19H12N4O6/c1-22-17-14(18(25)21-19(22)26)12(10-6-7-11(29-10)23(27)28)13-15(20-17)8-4-2-3-5-9(8)16(13)24/h2-7,12,20H,1H3,(H,21,25,26)/t12-/m1/s1. The number of anilines is 1. The minimum atomic E-state index is -1.01. The predicted molar refractivity (Wildman–Crippen MR) is 101 cm³/mol. The van der Waals surface area contributed by atoms with E-state index in [9.17, 15) is 24.5 Å². The second kappa shape index (κ2) is 5.64. The van der Waals surface area contributed by atoms with Crippen molar-refractivity contribution in [2.75, 3.05) is 5.32 Å². The Morgan fingerprint density at radius 3 is 2.52 bits per heavy atom. The van der Waals surface area contributed by atoms with Crippen LogP contribution in [0.25, 0.3) is 5.70 Å². The number of allylic oxidation sites excluding steroid dienone is 1. The lowest BCUT2D eigenvalue weighted by molar-refractivity contribution is -0.402. The number of fused-ring (bicyclic) bond motifs is 3. The van der Waals surface area contributed by atoms with Crippen molar-refractivity contribution >= 4 is 23.2 Å². The number of nitrogens with one attached hydrogen (secondary N) is 2. The van der Waals surface area contributed by atoms with Crippen LogP contribution >= 0.6 is 0 Å². The minimum Gasteiger partial charge on any atom is -0.405 e. The third kappa shape index (κ3) is 2.19. The monoisotopic (exact) mass is 392 g/mol. The lowest BCUT2D eigenvalue weighted by Gasteiger charge is -2.27. The summed E-state index contributed by atoms with van der Waals surface area (Å²) in [5.74, 6) is -1.56. The summed E-state index contributed by atoms with van der Waals surface area (Å²) in [6, 6.07) is 9.43. The highest BCUT2D eigenvalue weighted by Gasteiger charge is 2.44. The fraction of sp³-hybridized carbons (Fsp3) is 0.105. The topological polar surface area (TPSA) is 140 Å². The summed E-state index contributed by atoms with van der Waals surface area (Å²) in [6.07, 6.45) is 0. The van der Waals surface area contributed by atoms with Gasteiger partial charge in [-0.25, -0.2) is 4.79 Å². The Kier molecular flexibility index (Phi) is 3.29. The zero-order chi connectivity index (χ0) is 20.4. The van der Waals surface area contributed by atoms with Gasteiger partial charge < -0.3 is 9.73 Å². The van der Waals surface area contributed by atoms with Gasteiger partial charge in [0.25, 0.3) is 5.56 Å². The number of nitrogens with zero attached hydrogens (tertiary/aromatic N) is 2. The van der Waals surface area contributed by atoms with Crippen LogP contribution in [0.4, 0.5) is 11.7 Å². The molecule has 10 heteroatoms. The lowest BCUT2D eigenvalue weighted by Crippen LogP contribution is -2.37. The van der Waals surface area contributed by atoms with Gasteiger partial charge in [0.05, 0.1) is 23.2 Å². The summed E-state index contributed by atoms with van der Waals surface area (Å²) in [5.41, 5.74) is 0.496. The van der Waals surface area contributed by atoms with E-state index in [1.807, 2.05) is 0 Å². The van der Waals surface area contributed by atoms with Crippen molar-refractivity contribution in [1.29, 1.82) is 0 Å². The molecule has 3 heterocycles. The molecule has 144 valence electrons. The molecule has 0 saturated heterocycles. The number of nitro groups is 1. The van der Waals surface area contributed by atoms with E-state index < -0.39 is 28.0 Å². The fourth-order valence-electron chi connectivity index (χ4n) is 3.91. The van der Waals surface area contributed by atoms with E-state index in [-0.39, 0.29) is 28.5 Å². The molecule has 2 aliphatic rings. The molecule has 0 spiro atoms. The molecule has 1 aliphatic carbocycles. The maximum Gasteiger partial charge on any atom is 0.433 e. The van der Waals surface area contributed by atoms with Crippen LogP contribution in [0.5, 0.6) is 0 Å². The predicted octanol–water partition coefficient (Wildman–Crippen LogP) is 1.74. The van der Waals surface area contributed by atoms with Gasteiger partial charge in [-0.2, -0.15) is 0 Å². The van der Waals surface area contributed by atoms with Gasteiger partial charge in [0.2, 0.25) is 0 Å². The Bertz CT molecular complexity index is 1390. The first-order valence-electron chi connectivity index (χ1n) is 8.61. The van der Waals surface area contributed by atoms with Gasteiger partial charge in [0, 0.05) is 23.7 Å². The zero-order valence-corrected chi connectivity index (χ0v) is 14.9. The molecule has 0 saturated carbocycles. The molecule has 1 aromatic carbocycles. The van der Waals surface area contributed by atoms with Crippen molar-refractivity contribution in [3.05, 3.63) is 95.4 Å². The average Bonchev–Trinajstić information content (AvgIpc) is 3.30. The summed E-state index contributed by atoms with van der Waals surface area (Å²) in [6.45, 7) is 0. The molecule has 0 unspecified atom stereocenters. The normalized spacial score (nSPS) is 16.9. The Hall–Kier alpha value is -4.21. The van der Waals surface area contributed by atoms with E-state index in [2.05, 4.69) is 10.3 Å². The molecule has 3 aromatic rings. The smallest absolute Gasteiger partial charge is 0.405 e. The van der Waals surface area contributed by atoms with Crippen LogP contribution in [0.3, 0.4) is 0 Å². The number of H-pyrrole nitrogens is 1. The van der Waals surface area contributed by atoms with Crippen molar-refractivity contribution in [3.63, 3.8) is 0 Å². The summed E-state index contributed by atoms with van der Waals surface area (Å²) in [5, 5.41) is 14.1. The second-order valence-electron chi connectivity index (χ2n) is 6.74. The van der Waals surface area contributed by atoms with Crippen molar-refractivity contribution in [3.8, 4) is 0 Å². The first kappa shape index (κ1) is 16.9. The minimum absolute atomic E-state index is 0.0669. The van der Waals surface area contributed by atoms with Crippen molar-refractivity contribution in [1.82, 2.24) is 9.55 Å². The van der Waals surface area contributed by atoms with E-state index in [0.717, 1.165) is 0 Å². The maximum atomic E-state index is 13.2. The Balaban J connectivity index is 1.85. The van der Waals surface area contributed by atoms with E-state index in [1.165, 1.54) is 23.7 Å². The number of rotatable bonds is 2. The number of Topliss-reactive ketones (excluding diaryl/α,β-unsaturated/α-hetero) is 1. The van der Waals surface area contributed by atoms with E-state index >= 15 is 0 Å². The van der Waals surface area contributed by atoms with Crippen LogP contribution in [0.1, 0.15) is 33.2 Å². The largest absolute Gasteiger partial charge is 0.433 e. The van der Waals surface area contributed by atoms with E-state index in [0.29, 0.717) is 16.8 Å². The average molecular weight is 392 g/mol. The molecule has 10 nitrogen and oxygen atoms in total. The quantitative estimate of drug-likeness (QED) is 0.500. The van der Waals surface area contributed by atoms with Gasteiger partial charge in [0.15, 0.2) is 5.78 Å². The third-order valence-corrected chi connectivity index (χ3v) is 5.21. The highest BCUT2D eigenvalue weighted by atomic mass is 16.6. The molecule has 1 aliphatic heterocycles. The molecule has 2 aromatic heterocycles. The number of carbonyl (C=O) groups excluding carboxylic acids is 1. The van der Waals surface area contributed by atoms with Crippen molar-refractivity contribution < 1.29 is 14.1 Å². The number of furan rings is 1. The van der Waals surface area contributed by atoms with Crippen LogP contribution in [0.2, 0.25) is 0 Å². The number of benzene rings is 1. The lowest BCUT2D eigenvalue weighted by atomic mass is 9.85. The van der Waals surface area contributed by atoms with Gasteiger partial charge in [-0.3, -0.25) is 29.3 Å². The Morgan fingerprint density at radius 2 is 1.83 bits per heavy atom. The summed E-state index contributed by atoms with van der Waals surface area (Å²) >= 11 is 0. The number of ketones is 1. The number of hydrogen-bond donors (Lipinski definition) is 2. The molecule has 29 heavy (non-hydrogen) atoms. The van der Waals surface area contributed by atoms with Gasteiger partial charge in [-0.1, -0.05) is 24.3 Å². The fourth-order valence-corrected chi connectivity index (χ4v) is 3.91. The summed E-state index contributed by atoms with van der Waals surface area (Å²) < 4.78 is 6.59. The van der Waals surface area contributed by atoms with Gasteiger partial charge in [-0.15, -0.1) is 0 Å². The van der Waals surface area contributed by atoms with E-state index in [4.69, 9.17) is 4.42 Å². The molecule has 0 fully saturated rings. The second-order valence-corrected chi connectivity index (χ2v) is 6.74. The van der Waals surface area contributed by atoms with Crippen LogP contribution in [-0.4, -0.2) is 20.3 Å². The molecular weight excluding hydrogens is 380 g/mol. The van der Waals surface area contributed by atoms with Gasteiger partial charge in [-0.05, 0) is 6.07 Å². The Morgan fingerprint density at radius 1 is 1.10 bits per heavy atom. The van der Waals surface area contributed by atoms with Crippen molar-refractivity contribution in [2.45, 2.75) is 5.92 Å². The molecule has 0 radical (unpaired) electrons. The van der Waals surface area contributed by atoms with Gasteiger partial charge in [0.1, 0.15) is 16.5 Å². The number of hydrogen-bond acceptors (Lipinski definition) is 7. The van der Waals surface area contributed by atoms with Crippen LogP contribution in [-0.2, 0) is 7.05 Å². The van der Waals surface area contributed by atoms with Crippen LogP contribution in [0, 0.1) is 10.1 Å². The highest BCUT2D eigenvalue weighted by Crippen LogP contribution is 2.48. The number of aromatic amines is 1. The SMILES string of the molecule is Cn1c2c(c(=O)[nH]c1=O)[C@H](c1ccc([N+](=O)[O-])o1)C1=C(N2)c2ccccc2C1=O. The molecular formula is C19H12N4O6. The maximum absolute atomic E-state index is 13.2. The van der Waals surface area contributed by atoms with Gasteiger partial charge >= 0.3 is 11.6 Å².